The molecule has 0 fully saturated rings. The monoisotopic (exact) mass is 220 g/mol. The van der Waals surface area contributed by atoms with Crippen LogP contribution in [0.3, 0.4) is 0 Å². The van der Waals surface area contributed by atoms with Crippen LogP contribution in [0.2, 0.25) is 0 Å². The third-order valence-electron chi connectivity index (χ3n) is 1.75. The van der Waals surface area contributed by atoms with Gasteiger partial charge in [0.1, 0.15) is 6.10 Å². The summed E-state index contributed by atoms with van der Waals surface area (Å²) in [6.07, 6.45) is -0.474. The second-order valence-corrected chi connectivity index (χ2v) is 3.15. The van der Waals surface area contributed by atoms with E-state index in [-0.39, 0.29) is 17.9 Å². The Kier molecular flexibility index (Phi) is 4.19. The average molecular weight is 221 g/mol. The molecule has 1 aromatic rings. The van der Waals surface area contributed by atoms with E-state index >= 15 is 0 Å². The van der Waals surface area contributed by atoms with Crippen molar-refractivity contribution in [3.63, 3.8) is 0 Å². The van der Waals surface area contributed by atoms with Gasteiger partial charge in [0, 0.05) is 23.8 Å². The van der Waals surface area contributed by atoms with Crippen molar-refractivity contribution in [1.29, 1.82) is 0 Å². The quantitative estimate of drug-likeness (QED) is 0.577. The van der Waals surface area contributed by atoms with Crippen LogP contribution in [0.5, 0.6) is 0 Å². The third-order valence-corrected chi connectivity index (χ3v) is 1.97. The molecule has 0 aliphatic heterocycles. The maximum Gasteiger partial charge on any atom is 0.308 e. The minimum Gasteiger partial charge on any atom is -0.390 e. The van der Waals surface area contributed by atoms with E-state index < -0.39 is 18.3 Å². The molecule has 0 radical (unpaired) electrons. The molecule has 0 bridgehead atoms. The molecule has 14 heavy (non-hydrogen) atoms. The van der Waals surface area contributed by atoms with Gasteiger partial charge < -0.3 is 10.2 Å². The van der Waals surface area contributed by atoms with Gasteiger partial charge in [-0.3, -0.25) is 0 Å². The maximum absolute atomic E-state index is 12.3. The number of aromatic nitrogens is 2. The molecule has 1 rings (SSSR count). The summed E-state index contributed by atoms with van der Waals surface area (Å²) in [5, 5.41) is 18.9. The average Bonchev–Trinajstić information content (AvgIpc) is 2.18. The van der Waals surface area contributed by atoms with Crippen LogP contribution in [-0.2, 0) is 0 Å². The van der Waals surface area contributed by atoms with Crippen molar-refractivity contribution in [2.24, 2.45) is 0 Å². The lowest BCUT2D eigenvalue weighted by Crippen LogP contribution is -2.19. The minimum atomic E-state index is -1.13. The highest BCUT2D eigenvalue weighted by molar-refractivity contribution is 6.17. The molecule has 0 saturated carbocycles. The fourth-order valence-corrected chi connectivity index (χ4v) is 1.19. The summed E-state index contributed by atoms with van der Waals surface area (Å²) in [7, 11) is 0. The Morgan fingerprint density at radius 1 is 1.36 bits per heavy atom. The van der Waals surface area contributed by atoms with Gasteiger partial charge in [0.2, 0.25) is 0 Å². The van der Waals surface area contributed by atoms with E-state index in [0.717, 1.165) is 12.4 Å². The Hall–Kier alpha value is -0.780. The molecule has 0 spiro atoms. The van der Waals surface area contributed by atoms with Crippen LogP contribution >= 0.6 is 11.6 Å². The minimum absolute atomic E-state index is 0.236. The summed E-state index contributed by atoms with van der Waals surface area (Å²) in [5.74, 6) is 0.236. The van der Waals surface area contributed by atoms with Crippen molar-refractivity contribution >= 4 is 11.6 Å². The number of halogens is 2. The number of rotatable bonds is 4. The van der Waals surface area contributed by atoms with Crippen LogP contribution in [0.1, 0.15) is 18.1 Å². The van der Waals surface area contributed by atoms with E-state index in [4.69, 9.17) is 11.6 Å². The first-order valence-electron chi connectivity index (χ1n) is 4.04. The van der Waals surface area contributed by atoms with Crippen LogP contribution < -0.4 is 0 Å². The van der Waals surface area contributed by atoms with Gasteiger partial charge in [0.25, 0.3) is 0 Å². The number of hydrogen-bond acceptors (Lipinski definition) is 4. The molecule has 2 atom stereocenters. The SMILES string of the molecule is OC(CCCl)C(O)c1cnc(F)nc1. The van der Waals surface area contributed by atoms with Crippen molar-refractivity contribution in [1.82, 2.24) is 9.97 Å². The summed E-state index contributed by atoms with van der Waals surface area (Å²) in [6, 6.07) is 0. The molecular weight excluding hydrogens is 211 g/mol. The first-order valence-corrected chi connectivity index (χ1v) is 4.58. The first kappa shape index (κ1) is 11.3. The van der Waals surface area contributed by atoms with Crippen LogP contribution in [0, 0.1) is 6.08 Å². The molecule has 1 aromatic heterocycles. The maximum atomic E-state index is 12.3. The topological polar surface area (TPSA) is 66.2 Å². The standard InChI is InChI=1S/C8H10ClFN2O2/c9-2-1-6(13)7(14)5-3-11-8(10)12-4-5/h3-4,6-7,13-14H,1-2H2. The summed E-state index contributed by atoms with van der Waals surface area (Å²) in [5.41, 5.74) is 0.268. The summed E-state index contributed by atoms with van der Waals surface area (Å²) in [6.45, 7) is 0. The van der Waals surface area contributed by atoms with Gasteiger partial charge in [-0.25, -0.2) is 9.97 Å². The molecule has 78 valence electrons. The third kappa shape index (κ3) is 2.87. The number of hydrogen-bond donors (Lipinski definition) is 2. The van der Waals surface area contributed by atoms with Crippen LogP contribution in [0.4, 0.5) is 4.39 Å². The largest absolute Gasteiger partial charge is 0.390 e. The summed E-state index contributed by atoms with van der Waals surface area (Å²) < 4.78 is 12.3. The highest BCUT2D eigenvalue weighted by atomic mass is 35.5. The molecule has 1 heterocycles. The lowest BCUT2D eigenvalue weighted by atomic mass is 10.1. The van der Waals surface area contributed by atoms with Gasteiger partial charge in [0.05, 0.1) is 6.10 Å². The van der Waals surface area contributed by atoms with E-state index in [9.17, 15) is 14.6 Å². The molecular formula is C8H10ClFN2O2. The fourth-order valence-electron chi connectivity index (χ4n) is 0.967. The van der Waals surface area contributed by atoms with E-state index in [0.29, 0.717) is 0 Å². The highest BCUT2D eigenvalue weighted by Crippen LogP contribution is 2.17. The van der Waals surface area contributed by atoms with Crippen molar-refractivity contribution in [3.05, 3.63) is 24.0 Å². The molecule has 0 amide bonds. The van der Waals surface area contributed by atoms with Crippen molar-refractivity contribution in [3.8, 4) is 0 Å². The Balaban J connectivity index is 2.68. The van der Waals surface area contributed by atoms with Gasteiger partial charge in [-0.1, -0.05) is 0 Å². The lowest BCUT2D eigenvalue weighted by Gasteiger charge is -2.15. The van der Waals surface area contributed by atoms with E-state index in [1.54, 1.807) is 0 Å². The normalized spacial score (nSPS) is 15.1. The highest BCUT2D eigenvalue weighted by Gasteiger charge is 2.18. The summed E-state index contributed by atoms with van der Waals surface area (Å²) >= 11 is 5.39. The zero-order chi connectivity index (χ0) is 10.6. The predicted octanol–water partition coefficient (Wildman–Crippen LogP) is 0.639. The second kappa shape index (κ2) is 5.19. The van der Waals surface area contributed by atoms with Gasteiger partial charge in [-0.15, -0.1) is 11.6 Å². The zero-order valence-electron chi connectivity index (χ0n) is 7.27. The molecule has 4 nitrogen and oxygen atoms in total. The van der Waals surface area contributed by atoms with E-state index in [2.05, 4.69) is 9.97 Å². The zero-order valence-corrected chi connectivity index (χ0v) is 8.02. The Bertz CT molecular complexity index is 283. The molecule has 6 heteroatoms. The molecule has 0 saturated heterocycles. The predicted molar refractivity (Wildman–Crippen MR) is 48.3 cm³/mol. The number of nitrogens with zero attached hydrogens (tertiary/aromatic N) is 2. The van der Waals surface area contributed by atoms with Gasteiger partial charge in [-0.05, 0) is 6.42 Å². The van der Waals surface area contributed by atoms with E-state index in [1.165, 1.54) is 0 Å². The van der Waals surface area contributed by atoms with E-state index in [1.807, 2.05) is 0 Å². The number of aliphatic hydroxyl groups excluding tert-OH is 2. The molecule has 2 N–H and O–H groups in total. The Morgan fingerprint density at radius 2 is 1.93 bits per heavy atom. The first-order chi connectivity index (χ1) is 6.65. The van der Waals surface area contributed by atoms with Crippen molar-refractivity contribution in [2.75, 3.05) is 5.88 Å². The molecule has 0 aliphatic carbocycles. The smallest absolute Gasteiger partial charge is 0.308 e. The van der Waals surface area contributed by atoms with Crippen molar-refractivity contribution < 1.29 is 14.6 Å². The Morgan fingerprint density at radius 3 is 2.43 bits per heavy atom. The summed E-state index contributed by atoms with van der Waals surface area (Å²) in [4.78, 5) is 6.52. The fraction of sp³-hybridized carbons (Fsp3) is 0.500. The lowest BCUT2D eigenvalue weighted by molar-refractivity contribution is 0.0164. The van der Waals surface area contributed by atoms with Gasteiger partial charge in [-0.2, -0.15) is 4.39 Å². The van der Waals surface area contributed by atoms with Crippen molar-refractivity contribution in [2.45, 2.75) is 18.6 Å². The molecule has 0 aliphatic rings. The van der Waals surface area contributed by atoms with Crippen LogP contribution in [-0.4, -0.2) is 32.2 Å². The Labute approximate surface area is 85.4 Å². The van der Waals surface area contributed by atoms with Gasteiger partial charge in [0.15, 0.2) is 0 Å². The van der Waals surface area contributed by atoms with Crippen LogP contribution in [0.25, 0.3) is 0 Å². The van der Waals surface area contributed by atoms with Crippen LogP contribution in [0.15, 0.2) is 12.4 Å². The van der Waals surface area contributed by atoms with Gasteiger partial charge >= 0.3 is 6.08 Å². The molecule has 0 aromatic carbocycles. The second-order valence-electron chi connectivity index (χ2n) is 2.78. The molecule has 2 unspecified atom stereocenters. The number of aliphatic hydroxyl groups is 2. The number of alkyl halides is 1.